The van der Waals surface area contributed by atoms with E-state index in [-0.39, 0.29) is 5.88 Å². The number of halogens is 1. The Kier molecular flexibility index (Phi) is 3.89. The maximum atomic E-state index is 9.84. The summed E-state index contributed by atoms with van der Waals surface area (Å²) in [4.78, 5) is 9.56. The average Bonchev–Trinajstić information content (AvgIpc) is 2.72. The Hall–Kier alpha value is -3.63. The Bertz CT molecular complexity index is 1370. The van der Waals surface area contributed by atoms with Gasteiger partial charge in [-0.05, 0) is 35.9 Å². The zero-order valence-electron chi connectivity index (χ0n) is 15.1. The molecule has 4 N–H and O–H groups in total. The van der Waals surface area contributed by atoms with Crippen LogP contribution in [0.25, 0.3) is 22.1 Å². The summed E-state index contributed by atoms with van der Waals surface area (Å²) in [5, 5.41) is 9.84. The van der Waals surface area contributed by atoms with E-state index < -0.39 is 5.92 Å². The lowest BCUT2D eigenvalue weighted by atomic mass is 9.82. The van der Waals surface area contributed by atoms with Gasteiger partial charge in [0.05, 0.1) is 33.7 Å². The van der Waals surface area contributed by atoms with E-state index in [1.165, 1.54) is 0 Å². The number of hydrogen-bond acceptors (Lipinski definition) is 6. The summed E-state index contributed by atoms with van der Waals surface area (Å²) in [5.41, 5.74) is 17.5. The van der Waals surface area contributed by atoms with Gasteiger partial charge < -0.3 is 16.2 Å². The minimum absolute atomic E-state index is 0.0488. The number of nitrogens with two attached hydrogens (primary N) is 2. The molecular formula is C22H14BrN5O. The van der Waals surface area contributed by atoms with Crippen LogP contribution in [0.15, 0.2) is 70.5 Å². The SMILES string of the molecule is N#CC1=C(N)Oc2c(N)cc3nc4ccccc4nc3c2C1c1ccc(Br)cc1. The Labute approximate surface area is 174 Å². The van der Waals surface area contributed by atoms with Crippen LogP contribution in [0, 0.1) is 11.3 Å². The van der Waals surface area contributed by atoms with E-state index in [4.69, 9.17) is 26.2 Å². The second kappa shape index (κ2) is 6.47. The highest BCUT2D eigenvalue weighted by Gasteiger charge is 2.34. The van der Waals surface area contributed by atoms with Crippen molar-refractivity contribution in [3.63, 3.8) is 0 Å². The van der Waals surface area contributed by atoms with Crippen LogP contribution in [0.3, 0.4) is 0 Å². The second-order valence-electron chi connectivity index (χ2n) is 6.77. The molecule has 6 nitrogen and oxygen atoms in total. The molecule has 0 radical (unpaired) electrons. The van der Waals surface area contributed by atoms with E-state index in [1.54, 1.807) is 6.07 Å². The highest BCUT2D eigenvalue weighted by Crippen LogP contribution is 2.47. The molecule has 3 aromatic carbocycles. The lowest BCUT2D eigenvalue weighted by molar-refractivity contribution is 0.397. The van der Waals surface area contributed by atoms with Crippen molar-refractivity contribution in [1.29, 1.82) is 5.26 Å². The van der Waals surface area contributed by atoms with Crippen molar-refractivity contribution in [1.82, 2.24) is 9.97 Å². The summed E-state index contributed by atoms with van der Waals surface area (Å²) in [7, 11) is 0. The number of hydrogen-bond donors (Lipinski definition) is 2. The minimum Gasteiger partial charge on any atom is -0.438 e. The van der Waals surface area contributed by atoms with E-state index in [9.17, 15) is 5.26 Å². The Morgan fingerprint density at radius 1 is 0.966 bits per heavy atom. The molecule has 1 aliphatic heterocycles. The standard InChI is InChI=1S/C22H14BrN5O/c23-12-7-5-11(6-8-12)18-13(10-24)22(26)29-21-14(25)9-17-20(19(18)21)28-16-4-2-1-3-15(16)27-17/h1-9,18H,25-26H2. The molecule has 0 fully saturated rings. The van der Waals surface area contributed by atoms with Crippen LogP contribution in [0.4, 0.5) is 5.69 Å². The highest BCUT2D eigenvalue weighted by atomic mass is 79.9. The summed E-state index contributed by atoms with van der Waals surface area (Å²) in [6.07, 6.45) is 0. The molecule has 2 heterocycles. The predicted molar refractivity (Wildman–Crippen MR) is 115 cm³/mol. The molecule has 29 heavy (non-hydrogen) atoms. The van der Waals surface area contributed by atoms with Crippen LogP contribution in [0.2, 0.25) is 0 Å². The number of nitrogens with zero attached hydrogens (tertiary/aromatic N) is 3. The van der Waals surface area contributed by atoms with Gasteiger partial charge in [0.2, 0.25) is 5.88 Å². The average molecular weight is 444 g/mol. The Morgan fingerprint density at radius 3 is 2.34 bits per heavy atom. The molecule has 4 aromatic rings. The molecule has 1 aliphatic rings. The molecule has 0 saturated carbocycles. The molecule has 1 aromatic heterocycles. The number of anilines is 1. The van der Waals surface area contributed by atoms with E-state index in [1.807, 2.05) is 48.5 Å². The van der Waals surface area contributed by atoms with E-state index in [0.717, 1.165) is 21.1 Å². The number of ether oxygens (including phenoxy) is 1. The summed E-state index contributed by atoms with van der Waals surface area (Å²) >= 11 is 3.46. The van der Waals surface area contributed by atoms with Gasteiger partial charge in [0.1, 0.15) is 11.6 Å². The maximum absolute atomic E-state index is 9.84. The molecule has 0 bridgehead atoms. The summed E-state index contributed by atoms with van der Waals surface area (Å²) < 4.78 is 6.73. The summed E-state index contributed by atoms with van der Waals surface area (Å²) in [6, 6.07) is 19.3. The van der Waals surface area contributed by atoms with Gasteiger partial charge in [-0.15, -0.1) is 0 Å². The quantitative estimate of drug-likeness (QED) is 0.334. The van der Waals surface area contributed by atoms with Crippen LogP contribution >= 0.6 is 15.9 Å². The summed E-state index contributed by atoms with van der Waals surface area (Å²) in [5.74, 6) is 0.0116. The molecule has 1 atom stereocenters. The van der Waals surface area contributed by atoms with Crippen molar-refractivity contribution in [2.75, 3.05) is 5.73 Å². The minimum atomic E-state index is -0.460. The van der Waals surface area contributed by atoms with Crippen molar-refractivity contribution in [3.05, 3.63) is 81.7 Å². The van der Waals surface area contributed by atoms with Crippen LogP contribution in [0.1, 0.15) is 17.0 Å². The third-order valence-electron chi connectivity index (χ3n) is 5.03. The number of aromatic nitrogens is 2. The summed E-state index contributed by atoms with van der Waals surface area (Å²) in [6.45, 7) is 0. The second-order valence-corrected chi connectivity index (χ2v) is 7.68. The number of nitriles is 1. The first kappa shape index (κ1) is 17.5. The first-order valence-corrected chi connectivity index (χ1v) is 9.68. The predicted octanol–water partition coefficient (Wildman–Crippen LogP) is 4.35. The van der Waals surface area contributed by atoms with E-state index >= 15 is 0 Å². The topological polar surface area (TPSA) is 111 Å². The maximum Gasteiger partial charge on any atom is 0.205 e. The number of para-hydroxylation sites is 2. The molecule has 0 spiro atoms. The van der Waals surface area contributed by atoms with Crippen LogP contribution < -0.4 is 16.2 Å². The number of fused-ring (bicyclic) bond motifs is 4. The van der Waals surface area contributed by atoms with Gasteiger partial charge in [-0.2, -0.15) is 5.26 Å². The van der Waals surface area contributed by atoms with Gasteiger partial charge in [-0.1, -0.05) is 40.2 Å². The molecule has 5 rings (SSSR count). The third-order valence-corrected chi connectivity index (χ3v) is 5.56. The van der Waals surface area contributed by atoms with Gasteiger partial charge in [0, 0.05) is 10.0 Å². The molecule has 1 unspecified atom stereocenters. The van der Waals surface area contributed by atoms with E-state index in [2.05, 4.69) is 22.0 Å². The highest BCUT2D eigenvalue weighted by molar-refractivity contribution is 9.10. The fourth-order valence-electron chi connectivity index (χ4n) is 3.73. The van der Waals surface area contributed by atoms with E-state index in [0.29, 0.717) is 33.6 Å². The van der Waals surface area contributed by atoms with Crippen molar-refractivity contribution in [2.24, 2.45) is 5.73 Å². The normalized spacial score (nSPS) is 15.8. The van der Waals surface area contributed by atoms with Crippen LogP contribution in [-0.4, -0.2) is 9.97 Å². The molecule has 140 valence electrons. The van der Waals surface area contributed by atoms with Crippen LogP contribution in [0.5, 0.6) is 5.75 Å². The molecule has 7 heteroatoms. The zero-order chi connectivity index (χ0) is 20.1. The van der Waals surface area contributed by atoms with Crippen molar-refractivity contribution >= 4 is 43.7 Å². The van der Waals surface area contributed by atoms with Crippen LogP contribution in [-0.2, 0) is 0 Å². The van der Waals surface area contributed by atoms with Crippen molar-refractivity contribution in [3.8, 4) is 11.8 Å². The fraction of sp³-hybridized carbons (Fsp3) is 0.0455. The lowest BCUT2D eigenvalue weighted by Crippen LogP contribution is -2.22. The smallest absolute Gasteiger partial charge is 0.205 e. The van der Waals surface area contributed by atoms with Crippen molar-refractivity contribution in [2.45, 2.75) is 5.92 Å². The van der Waals surface area contributed by atoms with Gasteiger partial charge >= 0.3 is 0 Å². The number of rotatable bonds is 1. The Balaban J connectivity index is 1.90. The first-order valence-electron chi connectivity index (χ1n) is 8.88. The third kappa shape index (κ3) is 2.69. The number of nitrogen functional groups attached to an aromatic ring is 1. The van der Waals surface area contributed by atoms with Crippen molar-refractivity contribution < 1.29 is 4.74 Å². The zero-order valence-corrected chi connectivity index (χ0v) is 16.6. The van der Waals surface area contributed by atoms with Gasteiger partial charge in [-0.3, -0.25) is 0 Å². The Morgan fingerprint density at radius 2 is 1.66 bits per heavy atom. The first-order chi connectivity index (χ1) is 14.1. The number of allylic oxidation sites excluding steroid dienone is 1. The van der Waals surface area contributed by atoms with Gasteiger partial charge in [0.25, 0.3) is 0 Å². The van der Waals surface area contributed by atoms with Gasteiger partial charge in [0.15, 0.2) is 5.75 Å². The monoisotopic (exact) mass is 443 g/mol. The molecule has 0 aliphatic carbocycles. The number of benzene rings is 3. The lowest BCUT2D eigenvalue weighted by Gasteiger charge is -2.28. The largest absolute Gasteiger partial charge is 0.438 e. The molecule has 0 amide bonds. The van der Waals surface area contributed by atoms with Gasteiger partial charge in [-0.25, -0.2) is 9.97 Å². The molecule has 0 saturated heterocycles. The fourth-order valence-corrected chi connectivity index (χ4v) is 3.99. The molecular weight excluding hydrogens is 430 g/mol.